The third-order valence-electron chi connectivity index (χ3n) is 5.59. The van der Waals surface area contributed by atoms with E-state index in [1.54, 1.807) is 33.2 Å². The van der Waals surface area contributed by atoms with E-state index in [4.69, 9.17) is 9.15 Å². The van der Waals surface area contributed by atoms with Crippen molar-refractivity contribution in [1.82, 2.24) is 29.9 Å². The highest BCUT2D eigenvalue weighted by molar-refractivity contribution is 5.71. The Morgan fingerprint density at radius 2 is 1.86 bits per heavy atom. The highest BCUT2D eigenvalue weighted by Gasteiger charge is 2.23. The average molecular weight is 474 g/mol. The first kappa shape index (κ1) is 22.7. The van der Waals surface area contributed by atoms with Gasteiger partial charge in [0.25, 0.3) is 5.89 Å². The van der Waals surface area contributed by atoms with Crippen LogP contribution in [0.2, 0.25) is 0 Å². The molecule has 0 radical (unpaired) electrons. The molecule has 0 bridgehead atoms. The molecule has 0 spiro atoms. The van der Waals surface area contributed by atoms with Crippen LogP contribution in [0.5, 0.6) is 0 Å². The van der Waals surface area contributed by atoms with Gasteiger partial charge in [-0.3, -0.25) is 9.48 Å². The monoisotopic (exact) mass is 473 g/mol. The third-order valence-corrected chi connectivity index (χ3v) is 5.59. The lowest BCUT2D eigenvalue weighted by Gasteiger charge is -2.18. The summed E-state index contributed by atoms with van der Waals surface area (Å²) in [6, 6.07) is 6.78. The van der Waals surface area contributed by atoms with Gasteiger partial charge in [-0.25, -0.2) is 9.97 Å². The molecule has 0 amide bonds. The van der Waals surface area contributed by atoms with Crippen LogP contribution >= 0.6 is 0 Å². The summed E-state index contributed by atoms with van der Waals surface area (Å²) < 4.78 is 12.7. The number of esters is 1. The van der Waals surface area contributed by atoms with Crippen molar-refractivity contribution in [2.75, 3.05) is 5.32 Å². The molecule has 1 N–H and O–H groups in total. The highest BCUT2D eigenvalue weighted by atomic mass is 16.6. The molecule has 1 atom stereocenters. The number of fused-ring (bicyclic) bond motifs is 1. The summed E-state index contributed by atoms with van der Waals surface area (Å²) in [6.45, 7) is 5.42. The molecule has 0 aliphatic heterocycles. The van der Waals surface area contributed by atoms with E-state index in [-0.39, 0.29) is 24.2 Å². The van der Waals surface area contributed by atoms with E-state index in [9.17, 15) is 4.79 Å². The average Bonchev–Trinajstić information content (AvgIpc) is 3.52. The molecule has 3 aromatic heterocycles. The molecular weight excluding hydrogens is 446 g/mol. The number of benzene rings is 1. The van der Waals surface area contributed by atoms with Crippen molar-refractivity contribution in [3.8, 4) is 22.6 Å². The summed E-state index contributed by atoms with van der Waals surface area (Å²) in [6.07, 6.45) is 8.87. The predicted octanol–water partition coefficient (Wildman–Crippen LogP) is 3.39. The Hall–Kier alpha value is -4.08. The van der Waals surface area contributed by atoms with Crippen LogP contribution in [0.3, 0.4) is 0 Å². The maximum absolute atomic E-state index is 12.0. The first-order chi connectivity index (χ1) is 16.7. The number of nitrogens with zero attached hydrogens (tertiary/aromatic N) is 6. The second kappa shape index (κ2) is 8.94. The number of hydrogen-bond donors (Lipinski definition) is 1. The quantitative estimate of drug-likeness (QED) is 0.420. The van der Waals surface area contributed by atoms with Gasteiger partial charge in [-0.05, 0) is 50.3 Å². The Balaban J connectivity index is 1.20. The lowest BCUT2D eigenvalue weighted by atomic mass is 10.0. The summed E-state index contributed by atoms with van der Waals surface area (Å²) in [4.78, 5) is 20.8. The number of carbonyl (C=O) groups is 1. The Morgan fingerprint density at radius 1 is 1.09 bits per heavy atom. The van der Waals surface area contributed by atoms with Gasteiger partial charge in [0.15, 0.2) is 0 Å². The van der Waals surface area contributed by atoms with E-state index in [1.807, 2.05) is 24.1 Å². The van der Waals surface area contributed by atoms with Crippen LogP contribution in [-0.4, -0.2) is 47.6 Å². The second-order valence-electron chi connectivity index (χ2n) is 9.70. The summed E-state index contributed by atoms with van der Waals surface area (Å²) >= 11 is 0. The Morgan fingerprint density at radius 3 is 2.57 bits per heavy atom. The normalized spacial score (nSPS) is 15.1. The summed E-state index contributed by atoms with van der Waals surface area (Å²) in [5.41, 5.74) is 4.94. The summed E-state index contributed by atoms with van der Waals surface area (Å²) in [5.74, 6) is 0.554. The number of rotatable bonds is 6. The topological polar surface area (TPSA) is 121 Å². The van der Waals surface area contributed by atoms with Crippen LogP contribution < -0.4 is 5.32 Å². The molecule has 1 aliphatic carbocycles. The van der Waals surface area contributed by atoms with Crippen LogP contribution in [-0.2, 0) is 35.8 Å². The smallest absolute Gasteiger partial charge is 0.315 e. The molecule has 0 saturated heterocycles. The molecular formula is C25H27N7O3. The fourth-order valence-electron chi connectivity index (χ4n) is 4.11. The zero-order valence-corrected chi connectivity index (χ0v) is 20.1. The maximum atomic E-state index is 12.0. The van der Waals surface area contributed by atoms with Crippen molar-refractivity contribution in [3.05, 3.63) is 60.0 Å². The van der Waals surface area contributed by atoms with Crippen LogP contribution in [0, 0.1) is 0 Å². The van der Waals surface area contributed by atoms with Gasteiger partial charge in [0.05, 0.1) is 11.8 Å². The van der Waals surface area contributed by atoms with Crippen molar-refractivity contribution in [2.45, 2.75) is 51.7 Å². The molecule has 35 heavy (non-hydrogen) atoms. The SMILES string of the molecule is Cn1cc(-c2ccc3c(c2)CC(Nc2ncc(-c4nnc(CC(=O)OC(C)(C)C)o4)cn2)C3)cn1. The van der Waals surface area contributed by atoms with Gasteiger partial charge in [-0.1, -0.05) is 18.2 Å². The number of hydrogen-bond acceptors (Lipinski definition) is 9. The first-order valence-electron chi connectivity index (χ1n) is 11.5. The van der Waals surface area contributed by atoms with E-state index in [0.717, 1.165) is 18.4 Å². The second-order valence-corrected chi connectivity index (χ2v) is 9.70. The Kier molecular flexibility index (Phi) is 5.80. The van der Waals surface area contributed by atoms with E-state index >= 15 is 0 Å². The van der Waals surface area contributed by atoms with Gasteiger partial charge < -0.3 is 14.5 Å². The largest absolute Gasteiger partial charge is 0.460 e. The number of carbonyl (C=O) groups excluding carboxylic acids is 1. The van der Waals surface area contributed by atoms with E-state index in [1.165, 1.54) is 16.7 Å². The van der Waals surface area contributed by atoms with Gasteiger partial charge >= 0.3 is 5.97 Å². The molecule has 3 heterocycles. The third kappa shape index (κ3) is 5.37. The number of nitrogens with one attached hydrogen (secondary N) is 1. The van der Waals surface area contributed by atoms with E-state index in [0.29, 0.717) is 11.5 Å². The summed E-state index contributed by atoms with van der Waals surface area (Å²) in [7, 11) is 1.92. The molecule has 180 valence electrons. The minimum absolute atomic E-state index is 0.0878. The standard InChI is InChI=1S/C25H27N7O3/c1-25(2,3)35-22(33)10-21-30-31-23(34-21)18-11-26-24(27-12-18)29-20-8-16-6-5-15(7-17(16)9-20)19-13-28-32(4)14-19/h5-7,11-14,20H,8-10H2,1-4H3,(H,26,27,29). The predicted molar refractivity (Wildman–Crippen MR) is 128 cm³/mol. The zero-order chi connectivity index (χ0) is 24.6. The van der Waals surface area contributed by atoms with Gasteiger partial charge in [-0.2, -0.15) is 5.10 Å². The molecule has 0 saturated carbocycles. The Labute approximate surface area is 202 Å². The van der Waals surface area contributed by atoms with Crippen LogP contribution in [0.25, 0.3) is 22.6 Å². The molecule has 1 aromatic carbocycles. The molecule has 1 unspecified atom stereocenters. The molecule has 1 aliphatic rings. The van der Waals surface area contributed by atoms with Crippen molar-refractivity contribution >= 4 is 11.9 Å². The zero-order valence-electron chi connectivity index (χ0n) is 20.1. The van der Waals surface area contributed by atoms with Crippen molar-refractivity contribution < 1.29 is 13.9 Å². The Bertz CT molecular complexity index is 1350. The molecule has 5 rings (SSSR count). The maximum Gasteiger partial charge on any atom is 0.315 e. The lowest BCUT2D eigenvalue weighted by Crippen LogP contribution is -2.24. The van der Waals surface area contributed by atoms with Crippen LogP contribution in [0.15, 0.2) is 47.4 Å². The first-order valence-corrected chi connectivity index (χ1v) is 11.5. The van der Waals surface area contributed by atoms with Gasteiger partial charge in [0, 0.05) is 37.2 Å². The minimum Gasteiger partial charge on any atom is -0.460 e. The van der Waals surface area contributed by atoms with Gasteiger partial charge in [-0.15, -0.1) is 10.2 Å². The molecule has 4 aromatic rings. The number of ether oxygens (including phenoxy) is 1. The fraction of sp³-hybridized carbons (Fsp3) is 0.360. The van der Waals surface area contributed by atoms with Gasteiger partial charge in [0.2, 0.25) is 11.8 Å². The molecule has 10 heteroatoms. The van der Waals surface area contributed by atoms with Crippen molar-refractivity contribution in [2.24, 2.45) is 7.05 Å². The summed E-state index contributed by atoms with van der Waals surface area (Å²) in [5, 5.41) is 15.6. The van der Waals surface area contributed by atoms with Crippen molar-refractivity contribution in [3.63, 3.8) is 0 Å². The van der Waals surface area contributed by atoms with Crippen LogP contribution in [0.4, 0.5) is 5.95 Å². The minimum atomic E-state index is -0.570. The van der Waals surface area contributed by atoms with Crippen LogP contribution in [0.1, 0.15) is 37.8 Å². The molecule has 10 nitrogen and oxygen atoms in total. The number of anilines is 1. The van der Waals surface area contributed by atoms with Gasteiger partial charge in [0.1, 0.15) is 12.0 Å². The van der Waals surface area contributed by atoms with E-state index in [2.05, 4.69) is 48.8 Å². The number of aromatic nitrogens is 6. The van der Waals surface area contributed by atoms with E-state index < -0.39 is 11.6 Å². The number of aryl methyl sites for hydroxylation is 1. The molecule has 0 fully saturated rings. The lowest BCUT2D eigenvalue weighted by molar-refractivity contribution is -0.154. The van der Waals surface area contributed by atoms with Crippen molar-refractivity contribution in [1.29, 1.82) is 0 Å². The highest BCUT2D eigenvalue weighted by Crippen LogP contribution is 2.29. The fourth-order valence-corrected chi connectivity index (χ4v) is 4.11.